The van der Waals surface area contributed by atoms with Crippen molar-refractivity contribution >= 4 is 27.8 Å². The molecule has 4 rings (SSSR count). The molecule has 0 bridgehead atoms. The summed E-state index contributed by atoms with van der Waals surface area (Å²) in [6, 6.07) is 6.72. The van der Waals surface area contributed by atoms with Crippen molar-refractivity contribution in [3.8, 4) is 0 Å². The first-order valence-corrected chi connectivity index (χ1v) is 7.89. The minimum absolute atomic E-state index is 0.0458. The summed E-state index contributed by atoms with van der Waals surface area (Å²) in [7, 11) is 0. The highest BCUT2D eigenvalue weighted by Gasteiger charge is 2.42. The molecule has 1 aromatic carbocycles. The summed E-state index contributed by atoms with van der Waals surface area (Å²) in [4.78, 5) is 15.5. The molecule has 0 saturated carbocycles. The van der Waals surface area contributed by atoms with Crippen molar-refractivity contribution in [2.45, 2.75) is 19.6 Å². The number of aromatic nitrogens is 3. The maximum atomic E-state index is 13.6. The van der Waals surface area contributed by atoms with Gasteiger partial charge in [-0.1, -0.05) is 6.07 Å². The summed E-state index contributed by atoms with van der Waals surface area (Å²) < 4.78 is 47.3. The molecule has 0 aliphatic heterocycles. The molecule has 0 radical (unpaired) electrons. The smallest absolute Gasteiger partial charge is 0.421 e. The topological polar surface area (TPSA) is 81.1 Å². The Morgan fingerprint density at radius 3 is 2.74 bits per heavy atom. The van der Waals surface area contributed by atoms with Gasteiger partial charge in [-0.25, -0.2) is 4.79 Å². The fourth-order valence-electron chi connectivity index (χ4n) is 3.11. The Morgan fingerprint density at radius 1 is 1.33 bits per heavy atom. The second-order valence-corrected chi connectivity index (χ2v) is 6.09. The van der Waals surface area contributed by atoms with Gasteiger partial charge in [0.15, 0.2) is 0 Å². The number of furan rings is 1. The number of hydrogen-bond acceptors (Lipinski definition) is 4. The van der Waals surface area contributed by atoms with E-state index in [0.29, 0.717) is 16.6 Å². The van der Waals surface area contributed by atoms with Crippen LogP contribution in [0.5, 0.6) is 0 Å². The van der Waals surface area contributed by atoms with Crippen molar-refractivity contribution < 1.29 is 27.5 Å². The number of fused-ring (bicyclic) bond motifs is 3. The number of nitrogens with zero attached hydrogens (tertiary/aromatic N) is 3. The molecule has 0 fully saturated rings. The van der Waals surface area contributed by atoms with Gasteiger partial charge in [0, 0.05) is 17.8 Å². The Balaban J connectivity index is 2.00. The SMILES string of the molecule is Cc1cc2oc(C(=O)O)c(C(F)(F)F)c2c2nn(Cc3ccccn3)cc12. The molecule has 0 aliphatic carbocycles. The van der Waals surface area contributed by atoms with Crippen molar-refractivity contribution in [1.29, 1.82) is 0 Å². The number of rotatable bonds is 3. The van der Waals surface area contributed by atoms with E-state index in [1.54, 1.807) is 37.5 Å². The molecule has 3 aromatic heterocycles. The molecule has 0 unspecified atom stereocenters. The average Bonchev–Trinajstić information content (AvgIpc) is 3.17. The lowest BCUT2D eigenvalue weighted by molar-refractivity contribution is -0.137. The fourth-order valence-corrected chi connectivity index (χ4v) is 3.11. The third-order valence-corrected chi connectivity index (χ3v) is 4.23. The highest BCUT2D eigenvalue weighted by atomic mass is 19.4. The zero-order chi connectivity index (χ0) is 19.3. The molecule has 3 heterocycles. The van der Waals surface area contributed by atoms with E-state index < -0.39 is 23.5 Å². The number of carboxylic acid groups (broad SMARTS) is 1. The summed E-state index contributed by atoms with van der Waals surface area (Å²) >= 11 is 0. The Hall–Kier alpha value is -3.36. The van der Waals surface area contributed by atoms with Gasteiger partial charge in [0.2, 0.25) is 5.76 Å². The highest BCUT2D eigenvalue weighted by Crippen LogP contribution is 2.42. The number of aromatic carboxylic acids is 1. The van der Waals surface area contributed by atoms with Crippen LogP contribution in [-0.4, -0.2) is 25.8 Å². The predicted molar refractivity (Wildman–Crippen MR) is 89.5 cm³/mol. The molecule has 4 aromatic rings. The minimum atomic E-state index is -4.90. The molecular formula is C18H12F3N3O3. The van der Waals surface area contributed by atoms with Gasteiger partial charge in [-0.3, -0.25) is 9.67 Å². The van der Waals surface area contributed by atoms with Crippen molar-refractivity contribution in [2.24, 2.45) is 0 Å². The number of alkyl halides is 3. The van der Waals surface area contributed by atoms with Crippen molar-refractivity contribution in [2.75, 3.05) is 0 Å². The van der Waals surface area contributed by atoms with Crippen molar-refractivity contribution in [1.82, 2.24) is 14.8 Å². The Kier molecular flexibility index (Phi) is 3.69. The van der Waals surface area contributed by atoms with Crippen LogP contribution in [0.1, 0.15) is 27.4 Å². The Morgan fingerprint density at radius 2 is 2.11 bits per heavy atom. The standard InChI is InChI=1S/C18H12F3N3O3/c1-9-6-12-13(14(18(19,20)21)16(27-12)17(25)26)15-11(9)8-24(23-15)7-10-4-2-3-5-22-10/h2-6,8H,7H2,1H3,(H,25,26). The lowest BCUT2D eigenvalue weighted by Gasteiger charge is -2.05. The van der Waals surface area contributed by atoms with E-state index in [9.17, 15) is 18.0 Å². The first-order valence-electron chi connectivity index (χ1n) is 7.89. The summed E-state index contributed by atoms with van der Waals surface area (Å²) in [5.41, 5.74) is -0.117. The maximum absolute atomic E-state index is 13.6. The highest BCUT2D eigenvalue weighted by molar-refractivity contribution is 6.09. The number of benzene rings is 1. The van der Waals surface area contributed by atoms with E-state index in [2.05, 4.69) is 10.1 Å². The van der Waals surface area contributed by atoms with Crippen LogP contribution in [0.3, 0.4) is 0 Å². The van der Waals surface area contributed by atoms with Crippen LogP contribution in [0.4, 0.5) is 13.2 Å². The molecular weight excluding hydrogens is 363 g/mol. The number of aryl methyl sites for hydroxylation is 1. The molecule has 0 spiro atoms. The van der Waals surface area contributed by atoms with Crippen molar-refractivity contribution in [3.63, 3.8) is 0 Å². The summed E-state index contributed by atoms with van der Waals surface area (Å²) in [6.45, 7) is 1.96. The normalized spacial score (nSPS) is 12.1. The predicted octanol–water partition coefficient (Wildman–Crippen LogP) is 4.25. The molecule has 0 aliphatic rings. The largest absolute Gasteiger partial charge is 0.475 e. The molecule has 0 atom stereocenters. The van der Waals surface area contributed by atoms with Crippen LogP contribution in [0.15, 0.2) is 41.1 Å². The van der Waals surface area contributed by atoms with Crippen LogP contribution in [-0.2, 0) is 12.7 Å². The van der Waals surface area contributed by atoms with Gasteiger partial charge < -0.3 is 9.52 Å². The Labute approximate surface area is 149 Å². The zero-order valence-electron chi connectivity index (χ0n) is 13.9. The van der Waals surface area contributed by atoms with Gasteiger partial charge >= 0.3 is 12.1 Å². The third-order valence-electron chi connectivity index (χ3n) is 4.23. The van der Waals surface area contributed by atoms with E-state index in [1.807, 2.05) is 0 Å². The quantitative estimate of drug-likeness (QED) is 0.579. The van der Waals surface area contributed by atoms with E-state index in [0.717, 1.165) is 0 Å². The maximum Gasteiger partial charge on any atom is 0.421 e. The molecule has 0 saturated heterocycles. The van der Waals surface area contributed by atoms with Crippen LogP contribution in [0.2, 0.25) is 0 Å². The Bertz CT molecular complexity index is 1180. The van der Waals surface area contributed by atoms with E-state index in [4.69, 9.17) is 9.52 Å². The number of pyridine rings is 1. The molecule has 138 valence electrons. The molecule has 6 nitrogen and oxygen atoms in total. The second kappa shape index (κ2) is 5.83. The summed E-state index contributed by atoms with van der Waals surface area (Å²) in [6.07, 6.45) is -1.67. The number of hydrogen-bond donors (Lipinski definition) is 1. The van der Waals surface area contributed by atoms with E-state index >= 15 is 0 Å². The summed E-state index contributed by atoms with van der Waals surface area (Å²) in [5, 5.41) is 13.6. The minimum Gasteiger partial charge on any atom is -0.475 e. The monoisotopic (exact) mass is 375 g/mol. The fraction of sp³-hybridized carbons (Fsp3) is 0.167. The number of carbonyl (C=O) groups is 1. The van der Waals surface area contributed by atoms with Crippen LogP contribution < -0.4 is 0 Å². The lowest BCUT2D eigenvalue weighted by Crippen LogP contribution is -2.10. The van der Waals surface area contributed by atoms with Gasteiger partial charge in [0.25, 0.3) is 0 Å². The molecule has 0 amide bonds. The number of carboxylic acids is 1. The first kappa shape index (κ1) is 17.1. The van der Waals surface area contributed by atoms with Gasteiger partial charge in [-0.15, -0.1) is 0 Å². The van der Waals surface area contributed by atoms with Crippen LogP contribution in [0.25, 0.3) is 21.9 Å². The summed E-state index contributed by atoms with van der Waals surface area (Å²) in [5.74, 6) is -2.92. The van der Waals surface area contributed by atoms with Gasteiger partial charge in [0.1, 0.15) is 16.7 Å². The average molecular weight is 375 g/mol. The molecule has 1 N–H and O–H groups in total. The zero-order valence-corrected chi connectivity index (χ0v) is 13.9. The van der Waals surface area contributed by atoms with E-state index in [-0.39, 0.29) is 23.0 Å². The number of halogens is 3. The van der Waals surface area contributed by atoms with Crippen LogP contribution >= 0.6 is 0 Å². The van der Waals surface area contributed by atoms with E-state index in [1.165, 1.54) is 10.7 Å². The molecule has 27 heavy (non-hydrogen) atoms. The van der Waals surface area contributed by atoms with Crippen LogP contribution in [0, 0.1) is 6.92 Å². The van der Waals surface area contributed by atoms with Gasteiger partial charge in [0.05, 0.1) is 17.6 Å². The van der Waals surface area contributed by atoms with Gasteiger partial charge in [-0.05, 0) is 30.7 Å². The van der Waals surface area contributed by atoms with Gasteiger partial charge in [-0.2, -0.15) is 18.3 Å². The van der Waals surface area contributed by atoms with Crippen molar-refractivity contribution in [3.05, 3.63) is 59.2 Å². The first-order chi connectivity index (χ1) is 12.8. The second-order valence-electron chi connectivity index (χ2n) is 6.09. The lowest BCUT2D eigenvalue weighted by atomic mass is 10.0. The third kappa shape index (κ3) is 2.80. The molecule has 9 heteroatoms.